The van der Waals surface area contributed by atoms with Gasteiger partial charge in [0.1, 0.15) is 0 Å². The molecule has 2 aliphatic rings. The Morgan fingerprint density at radius 3 is 2.88 bits per heavy atom. The summed E-state index contributed by atoms with van der Waals surface area (Å²) in [6.07, 6.45) is 3.63. The van der Waals surface area contributed by atoms with Crippen molar-refractivity contribution in [2.75, 3.05) is 19.0 Å². The quantitative estimate of drug-likeness (QED) is 0.924. The van der Waals surface area contributed by atoms with Crippen LogP contribution in [0.4, 0.5) is 9.93 Å². The molecule has 2 fully saturated rings. The lowest BCUT2D eigenvalue weighted by molar-refractivity contribution is 0.121. The number of likely N-dealkylation sites (tertiary alicyclic amines) is 1. The molecule has 0 radical (unpaired) electrons. The van der Waals surface area contributed by atoms with Gasteiger partial charge in [-0.1, -0.05) is 35.4 Å². The maximum absolute atomic E-state index is 12.9. The fourth-order valence-electron chi connectivity index (χ4n) is 4.03. The van der Waals surface area contributed by atoms with E-state index in [4.69, 9.17) is 4.74 Å². The number of carbonyl (C=O) groups excluding carboxylic acids is 1. The van der Waals surface area contributed by atoms with Gasteiger partial charge in [0.05, 0.1) is 13.2 Å². The predicted octanol–water partition coefficient (Wildman–Crippen LogP) is 3.55. The Kier molecular flexibility index (Phi) is 4.10. The van der Waals surface area contributed by atoms with Crippen LogP contribution >= 0.6 is 11.3 Å². The molecule has 1 aliphatic heterocycles. The van der Waals surface area contributed by atoms with Crippen LogP contribution in [0.3, 0.4) is 0 Å². The summed E-state index contributed by atoms with van der Waals surface area (Å²) in [5.41, 5.74) is 1.22. The minimum Gasteiger partial charge on any atom is -0.472 e. The van der Waals surface area contributed by atoms with Crippen LogP contribution < -0.4 is 10.1 Å². The highest BCUT2D eigenvalue weighted by molar-refractivity contribution is 7.17. The monoisotopic (exact) mass is 344 g/mol. The topological polar surface area (TPSA) is 67.4 Å². The predicted molar refractivity (Wildman–Crippen MR) is 92.2 cm³/mol. The number of urea groups is 1. The van der Waals surface area contributed by atoms with E-state index in [1.54, 1.807) is 7.11 Å². The Morgan fingerprint density at radius 1 is 1.29 bits per heavy atom. The molecule has 1 saturated carbocycles. The van der Waals surface area contributed by atoms with Crippen molar-refractivity contribution < 1.29 is 9.53 Å². The number of benzene rings is 1. The van der Waals surface area contributed by atoms with Gasteiger partial charge < -0.3 is 9.64 Å². The highest BCUT2D eigenvalue weighted by Gasteiger charge is 2.43. The second-order valence-electron chi connectivity index (χ2n) is 6.45. The number of aromatic nitrogens is 2. The first kappa shape index (κ1) is 15.4. The third-order valence-corrected chi connectivity index (χ3v) is 5.82. The average molecular weight is 344 g/mol. The van der Waals surface area contributed by atoms with Crippen molar-refractivity contribution in [3.63, 3.8) is 0 Å². The number of amides is 2. The summed E-state index contributed by atoms with van der Waals surface area (Å²) in [5.74, 6) is 1.16. The van der Waals surface area contributed by atoms with E-state index in [1.807, 2.05) is 23.1 Å². The van der Waals surface area contributed by atoms with Gasteiger partial charge in [-0.05, 0) is 48.0 Å². The Hall–Kier alpha value is -2.15. The minimum atomic E-state index is -0.0979. The van der Waals surface area contributed by atoms with Crippen molar-refractivity contribution in [3.8, 4) is 5.19 Å². The largest absolute Gasteiger partial charge is 0.472 e. The third kappa shape index (κ3) is 2.84. The maximum Gasteiger partial charge on any atom is 0.324 e. The molecular formula is C17H20N4O2S. The summed E-state index contributed by atoms with van der Waals surface area (Å²) >= 11 is 1.24. The molecule has 126 valence electrons. The van der Waals surface area contributed by atoms with E-state index in [1.165, 1.54) is 36.2 Å². The number of anilines is 1. The van der Waals surface area contributed by atoms with Gasteiger partial charge in [0.25, 0.3) is 5.19 Å². The van der Waals surface area contributed by atoms with E-state index in [2.05, 4.69) is 27.6 Å². The Bertz CT molecular complexity index is 720. The van der Waals surface area contributed by atoms with Crippen molar-refractivity contribution >= 4 is 22.5 Å². The SMILES string of the molecule is COc1nnc(NC(=O)N2C[C@H]3CC[C@@H](C3)[C@H]2c2ccccc2)s1. The number of methoxy groups -OCH3 is 1. The second kappa shape index (κ2) is 6.39. The zero-order valence-corrected chi connectivity index (χ0v) is 14.3. The number of carbonyl (C=O) groups is 1. The fraction of sp³-hybridized carbons (Fsp3) is 0.471. The first-order chi connectivity index (χ1) is 11.7. The Balaban J connectivity index is 1.57. The number of ether oxygens (including phenoxy) is 1. The lowest BCUT2D eigenvalue weighted by Gasteiger charge is -2.40. The maximum atomic E-state index is 12.9. The van der Waals surface area contributed by atoms with Crippen LogP contribution in [0, 0.1) is 11.8 Å². The normalized spacial score (nSPS) is 25.5. The molecule has 24 heavy (non-hydrogen) atoms. The van der Waals surface area contributed by atoms with Crippen LogP contribution in [0.25, 0.3) is 0 Å². The van der Waals surface area contributed by atoms with E-state index in [0.29, 0.717) is 22.2 Å². The molecule has 1 saturated heterocycles. The zero-order valence-electron chi connectivity index (χ0n) is 13.5. The van der Waals surface area contributed by atoms with E-state index < -0.39 is 0 Å². The molecule has 7 heteroatoms. The first-order valence-corrected chi connectivity index (χ1v) is 9.06. The van der Waals surface area contributed by atoms with Gasteiger partial charge in [0.2, 0.25) is 5.13 Å². The van der Waals surface area contributed by atoms with Gasteiger partial charge in [-0.15, -0.1) is 5.10 Å². The molecule has 2 aromatic rings. The number of fused-ring (bicyclic) bond motifs is 2. The van der Waals surface area contributed by atoms with Crippen LogP contribution in [0.2, 0.25) is 0 Å². The van der Waals surface area contributed by atoms with Crippen LogP contribution in [0.1, 0.15) is 30.9 Å². The average Bonchev–Trinajstić information content (AvgIpc) is 3.22. The lowest BCUT2D eigenvalue weighted by atomic mass is 9.86. The van der Waals surface area contributed by atoms with Crippen molar-refractivity contribution in [1.82, 2.24) is 15.1 Å². The van der Waals surface area contributed by atoms with Crippen LogP contribution in [-0.2, 0) is 0 Å². The molecule has 1 aromatic heterocycles. The molecule has 4 rings (SSSR count). The molecule has 1 aromatic carbocycles. The molecule has 6 nitrogen and oxygen atoms in total. The standard InChI is InChI=1S/C17H20N4O2S/c1-23-17-20-19-15(24-17)18-16(22)21-10-11-7-8-13(9-11)14(21)12-5-3-2-4-6-12/h2-6,11,13-14H,7-10H2,1H3,(H,18,19,22)/t11-,13-,14+/m0/s1. The number of nitrogens with one attached hydrogen (secondary N) is 1. The number of nitrogens with zero attached hydrogens (tertiary/aromatic N) is 3. The second-order valence-corrected chi connectivity index (χ2v) is 7.39. The fourth-order valence-corrected chi connectivity index (χ4v) is 4.58. The number of hydrogen-bond donors (Lipinski definition) is 1. The lowest BCUT2D eigenvalue weighted by Crippen LogP contribution is -2.45. The molecule has 0 spiro atoms. The Labute approximate surface area is 144 Å². The van der Waals surface area contributed by atoms with Crippen molar-refractivity contribution in [1.29, 1.82) is 0 Å². The molecule has 2 amide bonds. The van der Waals surface area contributed by atoms with E-state index in [-0.39, 0.29) is 12.1 Å². The summed E-state index contributed by atoms with van der Waals surface area (Å²) in [7, 11) is 1.54. The van der Waals surface area contributed by atoms with Crippen molar-refractivity contribution in [2.24, 2.45) is 11.8 Å². The number of piperidine rings is 1. The van der Waals surface area contributed by atoms with Crippen molar-refractivity contribution in [3.05, 3.63) is 35.9 Å². The number of hydrogen-bond acceptors (Lipinski definition) is 5. The van der Waals surface area contributed by atoms with Crippen LogP contribution in [-0.4, -0.2) is 34.8 Å². The molecule has 1 N–H and O–H groups in total. The van der Waals surface area contributed by atoms with Gasteiger partial charge in [-0.25, -0.2) is 4.79 Å². The first-order valence-electron chi connectivity index (χ1n) is 8.24. The van der Waals surface area contributed by atoms with Crippen LogP contribution in [0.15, 0.2) is 30.3 Å². The molecule has 1 aliphatic carbocycles. The summed E-state index contributed by atoms with van der Waals surface area (Å²) < 4.78 is 5.04. The molecule has 0 unspecified atom stereocenters. The zero-order chi connectivity index (χ0) is 16.5. The summed E-state index contributed by atoms with van der Waals surface area (Å²) in [4.78, 5) is 14.9. The van der Waals surface area contributed by atoms with Gasteiger partial charge in [-0.3, -0.25) is 5.32 Å². The highest BCUT2D eigenvalue weighted by Crippen LogP contribution is 2.47. The number of rotatable bonds is 3. The molecular weight excluding hydrogens is 324 g/mol. The summed E-state index contributed by atoms with van der Waals surface area (Å²) in [5, 5.41) is 11.6. The summed E-state index contributed by atoms with van der Waals surface area (Å²) in [6.45, 7) is 0.803. The van der Waals surface area contributed by atoms with E-state index >= 15 is 0 Å². The molecule has 2 bridgehead atoms. The Morgan fingerprint density at radius 2 is 2.12 bits per heavy atom. The van der Waals surface area contributed by atoms with E-state index in [9.17, 15) is 4.79 Å². The van der Waals surface area contributed by atoms with Gasteiger partial charge in [-0.2, -0.15) is 0 Å². The summed E-state index contributed by atoms with van der Waals surface area (Å²) in [6, 6.07) is 10.4. The third-order valence-electron chi connectivity index (χ3n) is 5.02. The smallest absolute Gasteiger partial charge is 0.324 e. The van der Waals surface area contributed by atoms with Gasteiger partial charge in [0.15, 0.2) is 0 Å². The molecule has 2 heterocycles. The molecule has 3 atom stereocenters. The highest BCUT2D eigenvalue weighted by atomic mass is 32.1. The van der Waals surface area contributed by atoms with Crippen LogP contribution in [0.5, 0.6) is 5.19 Å². The van der Waals surface area contributed by atoms with Gasteiger partial charge >= 0.3 is 6.03 Å². The van der Waals surface area contributed by atoms with Gasteiger partial charge in [0, 0.05) is 6.54 Å². The minimum absolute atomic E-state index is 0.0979. The van der Waals surface area contributed by atoms with E-state index in [0.717, 1.165) is 6.54 Å². The van der Waals surface area contributed by atoms with Crippen molar-refractivity contribution in [2.45, 2.75) is 25.3 Å².